The van der Waals surface area contributed by atoms with Crippen LogP contribution in [0.15, 0.2) is 24.3 Å². The second kappa shape index (κ2) is 4.32. The second-order valence-electron chi connectivity index (χ2n) is 3.07. The van der Waals surface area contributed by atoms with Crippen molar-refractivity contribution in [2.45, 2.75) is 12.1 Å². The number of nitrogens with two attached hydrogens (primary N) is 1. The van der Waals surface area contributed by atoms with E-state index < -0.39 is 18.6 Å². The molecule has 0 bridgehead atoms. The van der Waals surface area contributed by atoms with E-state index in [1.165, 1.54) is 24.3 Å². The Bertz CT molecular complexity index is 379. The van der Waals surface area contributed by atoms with Crippen LogP contribution in [0.25, 0.3) is 0 Å². The van der Waals surface area contributed by atoms with Crippen molar-refractivity contribution in [1.29, 1.82) is 5.26 Å². The van der Waals surface area contributed by atoms with Crippen LogP contribution in [0.1, 0.15) is 17.0 Å². The van der Waals surface area contributed by atoms with Gasteiger partial charge in [0.1, 0.15) is 0 Å². The fraction of sp³-hybridized carbons (Fsp3) is 0.300. The number of hydrogen-bond donors (Lipinski definition) is 1. The van der Waals surface area contributed by atoms with Crippen molar-refractivity contribution in [3.63, 3.8) is 0 Å². The summed E-state index contributed by atoms with van der Waals surface area (Å²) in [6.07, 6.45) is -4.37. The van der Waals surface area contributed by atoms with E-state index in [-0.39, 0.29) is 11.1 Å². The Labute approximate surface area is 85.1 Å². The van der Waals surface area contributed by atoms with E-state index in [9.17, 15) is 13.2 Å². The zero-order valence-corrected chi connectivity index (χ0v) is 7.75. The van der Waals surface area contributed by atoms with Gasteiger partial charge in [-0.3, -0.25) is 0 Å². The molecular formula is C10H9F3N2. The summed E-state index contributed by atoms with van der Waals surface area (Å²) in [5.41, 5.74) is 5.31. The normalized spacial score (nSPS) is 13.3. The lowest BCUT2D eigenvalue weighted by Gasteiger charge is -2.18. The SMILES string of the molecule is N#Cc1cccc(C(CN)C(F)(F)F)c1. The summed E-state index contributed by atoms with van der Waals surface area (Å²) in [4.78, 5) is 0. The monoisotopic (exact) mass is 214 g/mol. The van der Waals surface area contributed by atoms with Gasteiger partial charge < -0.3 is 5.73 Å². The molecule has 0 aliphatic carbocycles. The highest BCUT2D eigenvalue weighted by Gasteiger charge is 2.39. The molecule has 0 aliphatic heterocycles. The minimum absolute atomic E-state index is 0.0315. The third kappa shape index (κ3) is 2.70. The summed E-state index contributed by atoms with van der Waals surface area (Å²) in [6.45, 7) is -0.515. The summed E-state index contributed by atoms with van der Waals surface area (Å²) in [5, 5.41) is 8.56. The maximum absolute atomic E-state index is 12.5. The molecule has 5 heteroatoms. The Morgan fingerprint density at radius 2 is 2.07 bits per heavy atom. The predicted molar refractivity (Wildman–Crippen MR) is 49.0 cm³/mol. The molecule has 15 heavy (non-hydrogen) atoms. The number of nitriles is 1. The van der Waals surface area contributed by atoms with Crippen LogP contribution >= 0.6 is 0 Å². The van der Waals surface area contributed by atoms with Gasteiger partial charge >= 0.3 is 6.18 Å². The number of rotatable bonds is 2. The Morgan fingerprint density at radius 3 is 2.53 bits per heavy atom. The van der Waals surface area contributed by atoms with E-state index in [0.29, 0.717) is 0 Å². The molecule has 0 fully saturated rings. The van der Waals surface area contributed by atoms with Crippen molar-refractivity contribution in [2.75, 3.05) is 6.54 Å². The third-order valence-electron chi connectivity index (χ3n) is 2.05. The number of benzene rings is 1. The van der Waals surface area contributed by atoms with Crippen molar-refractivity contribution >= 4 is 0 Å². The molecule has 0 radical (unpaired) electrons. The van der Waals surface area contributed by atoms with Crippen LogP contribution in [0.5, 0.6) is 0 Å². The molecule has 80 valence electrons. The van der Waals surface area contributed by atoms with Gasteiger partial charge in [-0.25, -0.2) is 0 Å². The highest BCUT2D eigenvalue weighted by molar-refractivity contribution is 5.35. The van der Waals surface area contributed by atoms with Gasteiger partial charge in [-0.05, 0) is 17.7 Å². The molecule has 0 aliphatic rings. The van der Waals surface area contributed by atoms with Crippen LogP contribution < -0.4 is 5.73 Å². The molecule has 0 heterocycles. The van der Waals surface area contributed by atoms with Crippen molar-refractivity contribution in [3.8, 4) is 6.07 Å². The van der Waals surface area contributed by atoms with Gasteiger partial charge in [0, 0.05) is 6.54 Å². The maximum atomic E-state index is 12.5. The Morgan fingerprint density at radius 1 is 1.40 bits per heavy atom. The molecule has 1 rings (SSSR count). The highest BCUT2D eigenvalue weighted by Crippen LogP contribution is 2.33. The summed E-state index contributed by atoms with van der Waals surface area (Å²) in [5.74, 6) is -1.70. The minimum atomic E-state index is -4.37. The van der Waals surface area contributed by atoms with Gasteiger partial charge in [0.2, 0.25) is 0 Å². The molecule has 2 N–H and O–H groups in total. The van der Waals surface area contributed by atoms with E-state index >= 15 is 0 Å². The summed E-state index contributed by atoms with van der Waals surface area (Å²) in [6, 6.07) is 7.20. The zero-order chi connectivity index (χ0) is 11.5. The van der Waals surface area contributed by atoms with E-state index in [2.05, 4.69) is 0 Å². The highest BCUT2D eigenvalue weighted by atomic mass is 19.4. The molecular weight excluding hydrogens is 205 g/mol. The fourth-order valence-corrected chi connectivity index (χ4v) is 1.28. The number of halogens is 3. The first-order valence-electron chi connectivity index (χ1n) is 4.26. The van der Waals surface area contributed by atoms with Gasteiger partial charge in [0.15, 0.2) is 0 Å². The van der Waals surface area contributed by atoms with E-state index in [0.717, 1.165) is 0 Å². The van der Waals surface area contributed by atoms with Gasteiger partial charge in [-0.2, -0.15) is 18.4 Å². The molecule has 0 saturated carbocycles. The number of hydrogen-bond acceptors (Lipinski definition) is 2. The quantitative estimate of drug-likeness (QED) is 0.820. The van der Waals surface area contributed by atoms with Gasteiger partial charge in [-0.15, -0.1) is 0 Å². The molecule has 0 aromatic heterocycles. The van der Waals surface area contributed by atoms with Crippen LogP contribution in [-0.4, -0.2) is 12.7 Å². The molecule has 1 aromatic carbocycles. The summed E-state index contributed by atoms with van der Waals surface area (Å²) in [7, 11) is 0. The minimum Gasteiger partial charge on any atom is -0.330 e. The molecule has 2 nitrogen and oxygen atoms in total. The van der Waals surface area contributed by atoms with Crippen molar-refractivity contribution < 1.29 is 13.2 Å². The molecule has 1 aromatic rings. The Balaban J connectivity index is 3.09. The molecule has 0 saturated heterocycles. The van der Waals surface area contributed by atoms with E-state index in [1.54, 1.807) is 6.07 Å². The molecule has 1 atom stereocenters. The van der Waals surface area contributed by atoms with Crippen molar-refractivity contribution in [1.82, 2.24) is 0 Å². The van der Waals surface area contributed by atoms with Gasteiger partial charge in [0.25, 0.3) is 0 Å². The standard InChI is InChI=1S/C10H9F3N2/c11-10(12,13)9(6-15)8-3-1-2-7(4-8)5-14/h1-4,9H,6,15H2. The van der Waals surface area contributed by atoms with Crippen LogP contribution in [-0.2, 0) is 0 Å². The first kappa shape index (κ1) is 11.5. The van der Waals surface area contributed by atoms with Crippen molar-refractivity contribution in [3.05, 3.63) is 35.4 Å². The Hall–Kier alpha value is -1.54. The molecule has 0 spiro atoms. The first-order valence-corrected chi connectivity index (χ1v) is 4.26. The number of alkyl halides is 3. The van der Waals surface area contributed by atoms with E-state index in [1.807, 2.05) is 0 Å². The lowest BCUT2D eigenvalue weighted by Crippen LogP contribution is -2.28. The average Bonchev–Trinajstić information content (AvgIpc) is 2.17. The average molecular weight is 214 g/mol. The fourth-order valence-electron chi connectivity index (χ4n) is 1.28. The first-order chi connectivity index (χ1) is 6.99. The largest absolute Gasteiger partial charge is 0.396 e. The zero-order valence-electron chi connectivity index (χ0n) is 7.75. The maximum Gasteiger partial charge on any atom is 0.396 e. The molecule has 0 amide bonds. The van der Waals surface area contributed by atoms with Crippen LogP contribution in [0.4, 0.5) is 13.2 Å². The van der Waals surface area contributed by atoms with Gasteiger partial charge in [-0.1, -0.05) is 12.1 Å². The lowest BCUT2D eigenvalue weighted by molar-refractivity contribution is -0.148. The smallest absolute Gasteiger partial charge is 0.330 e. The van der Waals surface area contributed by atoms with Crippen LogP contribution in [0.2, 0.25) is 0 Å². The van der Waals surface area contributed by atoms with Crippen molar-refractivity contribution in [2.24, 2.45) is 5.73 Å². The summed E-state index contributed by atoms with van der Waals surface area (Å²) < 4.78 is 37.4. The lowest BCUT2D eigenvalue weighted by atomic mass is 9.97. The van der Waals surface area contributed by atoms with E-state index in [4.69, 9.17) is 11.0 Å². The van der Waals surface area contributed by atoms with Gasteiger partial charge in [0.05, 0.1) is 17.6 Å². The topological polar surface area (TPSA) is 49.8 Å². The van der Waals surface area contributed by atoms with Crippen LogP contribution in [0.3, 0.4) is 0 Å². The third-order valence-corrected chi connectivity index (χ3v) is 2.05. The molecule has 1 unspecified atom stereocenters. The second-order valence-corrected chi connectivity index (χ2v) is 3.07. The number of nitrogens with zero attached hydrogens (tertiary/aromatic N) is 1. The Kier molecular flexibility index (Phi) is 3.32. The predicted octanol–water partition coefficient (Wildman–Crippen LogP) is 2.16. The van der Waals surface area contributed by atoms with Crippen LogP contribution in [0, 0.1) is 11.3 Å². The summed E-state index contributed by atoms with van der Waals surface area (Å²) >= 11 is 0.